The van der Waals surface area contributed by atoms with Crippen LogP contribution in [0.25, 0.3) is 11.0 Å². The number of hydrogen-bond donors (Lipinski definition) is 3. The van der Waals surface area contributed by atoms with Gasteiger partial charge in [-0.25, -0.2) is 0 Å². The lowest BCUT2D eigenvalue weighted by Gasteiger charge is -2.23. The van der Waals surface area contributed by atoms with Crippen molar-refractivity contribution >= 4 is 29.3 Å². The number of carbonyl (C=O) groups is 1. The lowest BCUT2D eigenvalue weighted by atomic mass is 10.1. The third-order valence-corrected chi connectivity index (χ3v) is 4.23. The molecular weight excluding hydrogens is 332 g/mol. The van der Waals surface area contributed by atoms with E-state index >= 15 is 0 Å². The maximum atomic E-state index is 12.4. The van der Waals surface area contributed by atoms with Gasteiger partial charge in [0.1, 0.15) is 0 Å². The van der Waals surface area contributed by atoms with Crippen LogP contribution in [-0.2, 0) is 6.54 Å². The Balaban J connectivity index is 0.00000208. The zero-order valence-corrected chi connectivity index (χ0v) is 14.2. The number of halogens is 1. The third-order valence-electron chi connectivity index (χ3n) is 4.23. The van der Waals surface area contributed by atoms with Gasteiger partial charge in [-0.3, -0.25) is 14.4 Å². The van der Waals surface area contributed by atoms with Gasteiger partial charge in [0.25, 0.3) is 5.91 Å². The molecule has 1 amide bonds. The molecule has 7 nitrogen and oxygen atoms in total. The van der Waals surface area contributed by atoms with E-state index in [1.165, 1.54) is 4.57 Å². The van der Waals surface area contributed by atoms with Crippen LogP contribution in [0.15, 0.2) is 27.8 Å². The van der Waals surface area contributed by atoms with Crippen molar-refractivity contribution < 1.29 is 4.79 Å². The van der Waals surface area contributed by atoms with Crippen LogP contribution >= 0.6 is 12.4 Å². The van der Waals surface area contributed by atoms with Crippen molar-refractivity contribution in [3.8, 4) is 0 Å². The number of aromatic nitrogens is 2. The summed E-state index contributed by atoms with van der Waals surface area (Å²) in [7, 11) is 0. The fourth-order valence-corrected chi connectivity index (χ4v) is 2.97. The Morgan fingerprint density at radius 1 is 1.29 bits per heavy atom. The van der Waals surface area contributed by atoms with Crippen LogP contribution in [0.2, 0.25) is 0 Å². The maximum absolute atomic E-state index is 12.4. The molecule has 1 aromatic heterocycles. The minimum Gasteiger partial charge on any atom is -0.349 e. The van der Waals surface area contributed by atoms with Crippen LogP contribution in [-0.4, -0.2) is 34.6 Å². The molecule has 1 aromatic carbocycles. The van der Waals surface area contributed by atoms with E-state index in [4.69, 9.17) is 0 Å². The van der Waals surface area contributed by atoms with Gasteiger partial charge in [0.15, 0.2) is 0 Å². The lowest BCUT2D eigenvalue weighted by Crippen LogP contribution is -2.42. The molecule has 0 unspecified atom stereocenters. The predicted octanol–water partition coefficient (Wildman–Crippen LogP) is 0.613. The normalized spacial score (nSPS) is 15.0. The molecule has 2 heterocycles. The van der Waals surface area contributed by atoms with Crippen molar-refractivity contribution in [3.05, 3.63) is 44.5 Å². The Kier molecular flexibility index (Phi) is 5.80. The number of piperidine rings is 1. The average Bonchev–Trinajstić information content (AvgIpc) is 2.56. The number of hydrogen-bond acceptors (Lipinski definition) is 4. The molecule has 130 valence electrons. The van der Waals surface area contributed by atoms with Gasteiger partial charge < -0.3 is 20.2 Å². The minimum absolute atomic E-state index is 0. The van der Waals surface area contributed by atoms with E-state index in [9.17, 15) is 14.4 Å². The molecule has 24 heavy (non-hydrogen) atoms. The lowest BCUT2D eigenvalue weighted by molar-refractivity contribution is 0.0929. The van der Waals surface area contributed by atoms with Crippen LogP contribution < -0.4 is 21.8 Å². The smallest absolute Gasteiger partial charge is 0.316 e. The van der Waals surface area contributed by atoms with E-state index in [0.29, 0.717) is 23.1 Å². The molecule has 0 radical (unpaired) electrons. The number of benzene rings is 1. The molecule has 0 spiro atoms. The summed E-state index contributed by atoms with van der Waals surface area (Å²) >= 11 is 0. The first-order chi connectivity index (χ1) is 11.1. The summed E-state index contributed by atoms with van der Waals surface area (Å²) in [6.45, 7) is 4.01. The van der Waals surface area contributed by atoms with Crippen molar-refractivity contribution in [3.63, 3.8) is 0 Å². The molecule has 1 aliphatic rings. The molecule has 1 aliphatic heterocycles. The monoisotopic (exact) mass is 352 g/mol. The Morgan fingerprint density at radius 3 is 2.67 bits per heavy atom. The summed E-state index contributed by atoms with van der Waals surface area (Å²) in [5.74, 6) is -0.158. The van der Waals surface area contributed by atoms with E-state index in [-0.39, 0.29) is 24.4 Å². The van der Waals surface area contributed by atoms with Crippen molar-refractivity contribution in [2.75, 3.05) is 13.1 Å². The number of nitrogens with one attached hydrogen (secondary N) is 3. The zero-order valence-electron chi connectivity index (χ0n) is 13.4. The highest BCUT2D eigenvalue weighted by Gasteiger charge is 2.17. The van der Waals surface area contributed by atoms with Gasteiger partial charge in [-0.15, -0.1) is 12.4 Å². The number of fused-ring (bicyclic) bond motifs is 1. The Hall–Kier alpha value is -2.12. The standard InChI is InChI=1S/C16H20N4O3.ClH/c1-2-20-13-4-3-10(9-12(13)19-15(22)16(20)23)14(21)18-11-5-7-17-8-6-11;/h3-4,9,11,17H,2,5-8H2,1H3,(H,18,21)(H,19,22);1H. The van der Waals surface area contributed by atoms with Gasteiger partial charge in [0, 0.05) is 18.2 Å². The molecule has 0 bridgehead atoms. The molecule has 1 fully saturated rings. The molecule has 0 aliphatic carbocycles. The number of aromatic amines is 1. The Labute approximate surface area is 144 Å². The van der Waals surface area contributed by atoms with Crippen molar-refractivity contribution in [1.29, 1.82) is 0 Å². The fourth-order valence-electron chi connectivity index (χ4n) is 2.97. The highest BCUT2D eigenvalue weighted by molar-refractivity contribution is 5.97. The van der Waals surface area contributed by atoms with Gasteiger partial charge in [-0.1, -0.05) is 0 Å². The van der Waals surface area contributed by atoms with Crippen molar-refractivity contribution in [1.82, 2.24) is 20.2 Å². The molecule has 8 heteroatoms. The van der Waals surface area contributed by atoms with E-state index in [2.05, 4.69) is 15.6 Å². The van der Waals surface area contributed by atoms with Crippen LogP contribution in [0.3, 0.4) is 0 Å². The molecule has 0 saturated carbocycles. The predicted molar refractivity (Wildman–Crippen MR) is 95.1 cm³/mol. The third kappa shape index (κ3) is 3.52. The topological polar surface area (TPSA) is 96.0 Å². The summed E-state index contributed by atoms with van der Waals surface area (Å²) in [6, 6.07) is 5.18. The van der Waals surface area contributed by atoms with Crippen LogP contribution in [0, 0.1) is 0 Å². The second-order valence-electron chi connectivity index (χ2n) is 5.73. The van der Waals surface area contributed by atoms with E-state index in [1.54, 1.807) is 25.1 Å². The number of amides is 1. The Bertz CT molecular complexity index is 853. The number of carbonyl (C=O) groups excluding carboxylic acids is 1. The molecule has 3 rings (SSSR count). The van der Waals surface area contributed by atoms with Gasteiger partial charge >= 0.3 is 11.1 Å². The number of aryl methyl sites for hydroxylation is 1. The number of rotatable bonds is 3. The number of H-pyrrole nitrogens is 1. The minimum atomic E-state index is -0.671. The van der Waals surface area contributed by atoms with Crippen molar-refractivity contribution in [2.45, 2.75) is 32.4 Å². The molecule has 3 N–H and O–H groups in total. The van der Waals surface area contributed by atoms with E-state index < -0.39 is 11.1 Å². The SMILES string of the molecule is CCn1c(=O)c(=O)[nH]c2cc(C(=O)NC3CCNCC3)ccc21.Cl. The molecule has 2 aromatic rings. The molecule has 0 atom stereocenters. The number of nitrogens with zero attached hydrogens (tertiary/aromatic N) is 1. The Morgan fingerprint density at radius 2 is 2.00 bits per heavy atom. The first-order valence-electron chi connectivity index (χ1n) is 7.88. The van der Waals surface area contributed by atoms with Crippen LogP contribution in [0.5, 0.6) is 0 Å². The molecular formula is C16H21ClN4O3. The summed E-state index contributed by atoms with van der Waals surface area (Å²) in [4.78, 5) is 38.5. The largest absolute Gasteiger partial charge is 0.349 e. The van der Waals surface area contributed by atoms with Gasteiger partial charge in [0.05, 0.1) is 11.0 Å². The quantitative estimate of drug-likeness (QED) is 0.705. The fraction of sp³-hybridized carbons (Fsp3) is 0.438. The van der Waals surface area contributed by atoms with Crippen molar-refractivity contribution in [2.24, 2.45) is 0 Å². The van der Waals surface area contributed by atoms with Gasteiger partial charge in [-0.05, 0) is 51.1 Å². The summed E-state index contributed by atoms with van der Waals surface area (Å²) in [5, 5.41) is 6.27. The molecule has 1 saturated heterocycles. The highest BCUT2D eigenvalue weighted by atomic mass is 35.5. The van der Waals surface area contributed by atoms with E-state index in [0.717, 1.165) is 25.9 Å². The first-order valence-corrected chi connectivity index (χ1v) is 7.88. The first kappa shape index (κ1) is 18.2. The average molecular weight is 353 g/mol. The summed E-state index contributed by atoms with van der Waals surface area (Å²) < 4.78 is 1.41. The summed E-state index contributed by atoms with van der Waals surface area (Å²) in [5.41, 5.74) is 0.347. The van der Waals surface area contributed by atoms with Crippen LogP contribution in [0.4, 0.5) is 0 Å². The van der Waals surface area contributed by atoms with Crippen LogP contribution in [0.1, 0.15) is 30.1 Å². The summed E-state index contributed by atoms with van der Waals surface area (Å²) in [6.07, 6.45) is 1.82. The second-order valence-corrected chi connectivity index (χ2v) is 5.73. The van der Waals surface area contributed by atoms with Gasteiger partial charge in [-0.2, -0.15) is 0 Å². The van der Waals surface area contributed by atoms with E-state index in [1.807, 2.05) is 0 Å². The van der Waals surface area contributed by atoms with Gasteiger partial charge in [0.2, 0.25) is 0 Å². The maximum Gasteiger partial charge on any atom is 0.316 e. The zero-order chi connectivity index (χ0) is 16.4. The highest BCUT2D eigenvalue weighted by Crippen LogP contribution is 2.12. The second kappa shape index (κ2) is 7.63.